The van der Waals surface area contributed by atoms with Gasteiger partial charge in [0.15, 0.2) is 0 Å². The zero-order chi connectivity index (χ0) is 25.8. The monoisotopic (exact) mass is 502 g/mol. The van der Waals surface area contributed by atoms with E-state index in [-0.39, 0.29) is 0 Å². The van der Waals surface area contributed by atoms with Crippen LogP contribution in [0.25, 0.3) is 22.3 Å². The Morgan fingerprint density at radius 2 is 1.68 bits per heavy atom. The van der Waals surface area contributed by atoms with Crippen LogP contribution in [-0.2, 0) is 11.8 Å². The van der Waals surface area contributed by atoms with Crippen LogP contribution in [0.4, 0.5) is 11.4 Å². The van der Waals surface area contributed by atoms with Gasteiger partial charge in [-0.2, -0.15) is 5.10 Å². The molecule has 1 aliphatic heterocycles. The highest BCUT2D eigenvalue weighted by Gasteiger charge is 2.20. The first kappa shape index (κ1) is 25.0. The molecule has 0 aliphatic carbocycles. The fraction of sp³-hybridized carbons (Fsp3) is 0.393. The summed E-state index contributed by atoms with van der Waals surface area (Å²) >= 11 is 0. The summed E-state index contributed by atoms with van der Waals surface area (Å²) in [6.45, 7) is 3.79. The quantitative estimate of drug-likeness (QED) is 0.335. The first-order chi connectivity index (χ1) is 18.1. The maximum atomic E-state index is 5.58. The largest absolute Gasteiger partial charge is 0.497 e. The van der Waals surface area contributed by atoms with Gasteiger partial charge in [-0.05, 0) is 31.0 Å². The molecule has 0 unspecified atom stereocenters. The molecule has 0 saturated carbocycles. The van der Waals surface area contributed by atoms with Crippen molar-refractivity contribution in [2.24, 2.45) is 7.05 Å². The van der Waals surface area contributed by atoms with E-state index < -0.39 is 0 Å². The molecule has 0 N–H and O–H groups in total. The molecule has 4 aromatic rings. The fourth-order valence-electron chi connectivity index (χ4n) is 4.83. The number of benzene rings is 2. The minimum Gasteiger partial charge on any atom is -0.497 e. The minimum absolute atomic E-state index is 0.364. The summed E-state index contributed by atoms with van der Waals surface area (Å²) in [5.41, 5.74) is 5.45. The number of aryl methyl sites for hydroxylation is 1. The van der Waals surface area contributed by atoms with Crippen molar-refractivity contribution in [3.05, 3.63) is 55.0 Å². The smallest absolute Gasteiger partial charge is 0.124 e. The van der Waals surface area contributed by atoms with Crippen LogP contribution in [0.15, 0.2) is 55.0 Å². The number of hydrogen-bond acceptors (Lipinski definition) is 8. The van der Waals surface area contributed by atoms with Gasteiger partial charge < -0.3 is 24.0 Å². The van der Waals surface area contributed by atoms with Crippen LogP contribution >= 0.6 is 0 Å². The number of methoxy groups -OCH3 is 3. The molecule has 0 radical (unpaired) electrons. The standard InChI is InChI=1S/C28H34N6O3/c1-32-19-20(17-30-32)28-18-29-26-6-5-21(15-27(26)31-28)34(12-11-33-9-7-23(35-2)8-10-33)22-13-24(36-3)16-25(14-22)37-4/h5-6,13-19,23H,7-12H2,1-4H3. The molecule has 3 heterocycles. The van der Waals surface area contributed by atoms with Crippen molar-refractivity contribution in [3.8, 4) is 22.8 Å². The Bertz CT molecular complexity index is 1330. The normalized spacial score (nSPS) is 14.7. The highest BCUT2D eigenvalue weighted by molar-refractivity contribution is 5.82. The molecule has 0 bridgehead atoms. The summed E-state index contributed by atoms with van der Waals surface area (Å²) in [6.07, 6.45) is 8.04. The lowest BCUT2D eigenvalue weighted by molar-refractivity contribution is 0.0421. The number of anilines is 2. The number of piperidine rings is 1. The lowest BCUT2D eigenvalue weighted by Crippen LogP contribution is -2.40. The van der Waals surface area contributed by atoms with Crippen molar-refractivity contribution in [2.45, 2.75) is 18.9 Å². The summed E-state index contributed by atoms with van der Waals surface area (Å²) < 4.78 is 18.5. The number of rotatable bonds is 9. The van der Waals surface area contributed by atoms with Crippen LogP contribution in [0, 0.1) is 0 Å². The van der Waals surface area contributed by atoms with E-state index in [1.807, 2.05) is 37.5 Å². The summed E-state index contributed by atoms with van der Waals surface area (Å²) in [7, 11) is 7.05. The topological polar surface area (TPSA) is 77.8 Å². The van der Waals surface area contributed by atoms with Crippen molar-refractivity contribution in [1.82, 2.24) is 24.6 Å². The predicted octanol–water partition coefficient (Wildman–Crippen LogP) is 4.30. The third kappa shape index (κ3) is 5.68. The summed E-state index contributed by atoms with van der Waals surface area (Å²) in [6, 6.07) is 12.2. The van der Waals surface area contributed by atoms with Gasteiger partial charge in [0.05, 0.1) is 49.4 Å². The second kappa shape index (κ2) is 11.1. The molecule has 0 amide bonds. The molecule has 9 heteroatoms. The summed E-state index contributed by atoms with van der Waals surface area (Å²) in [5.74, 6) is 1.50. The van der Waals surface area contributed by atoms with E-state index in [4.69, 9.17) is 19.2 Å². The molecule has 2 aromatic heterocycles. The lowest BCUT2D eigenvalue weighted by Gasteiger charge is -2.34. The predicted molar refractivity (Wildman–Crippen MR) is 145 cm³/mol. The Kier molecular flexibility index (Phi) is 7.52. The van der Waals surface area contributed by atoms with E-state index in [1.54, 1.807) is 38.4 Å². The van der Waals surface area contributed by atoms with E-state index in [1.165, 1.54) is 0 Å². The fourth-order valence-corrected chi connectivity index (χ4v) is 4.83. The highest BCUT2D eigenvalue weighted by Crippen LogP contribution is 2.34. The molecule has 9 nitrogen and oxygen atoms in total. The van der Waals surface area contributed by atoms with Crippen LogP contribution in [0.3, 0.4) is 0 Å². The number of fused-ring (bicyclic) bond motifs is 1. The van der Waals surface area contributed by atoms with Crippen LogP contribution in [0.5, 0.6) is 11.5 Å². The molecular weight excluding hydrogens is 468 g/mol. The molecule has 37 heavy (non-hydrogen) atoms. The van der Waals surface area contributed by atoms with Crippen molar-refractivity contribution in [3.63, 3.8) is 0 Å². The number of likely N-dealkylation sites (tertiary alicyclic amines) is 1. The zero-order valence-electron chi connectivity index (χ0n) is 21.9. The van der Waals surface area contributed by atoms with Crippen LogP contribution in [0.2, 0.25) is 0 Å². The van der Waals surface area contributed by atoms with Gasteiger partial charge in [0.25, 0.3) is 0 Å². The maximum absolute atomic E-state index is 5.58. The SMILES string of the molecule is COc1cc(OC)cc(N(CCN2CCC(OC)CC2)c2ccc3ncc(-c4cnn(C)c4)nc3c2)c1. The van der Waals surface area contributed by atoms with Crippen molar-refractivity contribution in [2.75, 3.05) is 52.4 Å². The lowest BCUT2D eigenvalue weighted by atomic mass is 10.1. The van der Waals surface area contributed by atoms with Gasteiger partial charge in [0, 0.05) is 81.7 Å². The molecular formula is C28H34N6O3. The molecule has 2 aromatic carbocycles. The van der Waals surface area contributed by atoms with Gasteiger partial charge >= 0.3 is 0 Å². The van der Waals surface area contributed by atoms with Crippen LogP contribution in [0.1, 0.15) is 12.8 Å². The Labute approximate surface area is 217 Å². The summed E-state index contributed by atoms with van der Waals surface area (Å²) in [5, 5.41) is 4.27. The van der Waals surface area contributed by atoms with Crippen LogP contribution < -0.4 is 14.4 Å². The van der Waals surface area contributed by atoms with E-state index in [0.29, 0.717) is 6.10 Å². The van der Waals surface area contributed by atoms with Gasteiger partial charge in [-0.1, -0.05) is 0 Å². The highest BCUT2D eigenvalue weighted by atomic mass is 16.5. The van der Waals surface area contributed by atoms with Gasteiger partial charge in [-0.25, -0.2) is 4.98 Å². The van der Waals surface area contributed by atoms with Crippen molar-refractivity contribution < 1.29 is 14.2 Å². The minimum atomic E-state index is 0.364. The average molecular weight is 503 g/mol. The molecule has 194 valence electrons. The Morgan fingerprint density at radius 1 is 0.919 bits per heavy atom. The first-order valence-electron chi connectivity index (χ1n) is 12.6. The van der Waals surface area contributed by atoms with Crippen molar-refractivity contribution >= 4 is 22.4 Å². The first-order valence-corrected chi connectivity index (χ1v) is 12.6. The number of hydrogen-bond donors (Lipinski definition) is 0. The number of nitrogens with zero attached hydrogens (tertiary/aromatic N) is 6. The second-order valence-corrected chi connectivity index (χ2v) is 9.33. The molecule has 0 atom stereocenters. The Balaban J connectivity index is 1.49. The molecule has 1 fully saturated rings. The second-order valence-electron chi connectivity index (χ2n) is 9.33. The third-order valence-corrected chi connectivity index (χ3v) is 6.99. The van der Waals surface area contributed by atoms with Gasteiger partial charge in [-0.15, -0.1) is 0 Å². The maximum Gasteiger partial charge on any atom is 0.124 e. The summed E-state index contributed by atoms with van der Waals surface area (Å²) in [4.78, 5) is 14.4. The Hall–Kier alpha value is -3.69. The molecule has 5 rings (SSSR count). The molecule has 0 spiro atoms. The van der Waals surface area contributed by atoms with E-state index in [9.17, 15) is 0 Å². The van der Waals surface area contributed by atoms with E-state index >= 15 is 0 Å². The van der Waals surface area contributed by atoms with Gasteiger partial charge in [0.1, 0.15) is 11.5 Å². The van der Waals surface area contributed by atoms with Crippen molar-refractivity contribution in [1.29, 1.82) is 0 Å². The molecule has 1 saturated heterocycles. The zero-order valence-corrected chi connectivity index (χ0v) is 21.9. The number of aromatic nitrogens is 4. The number of ether oxygens (including phenoxy) is 3. The van der Waals surface area contributed by atoms with Gasteiger partial charge in [-0.3, -0.25) is 9.67 Å². The third-order valence-electron chi connectivity index (χ3n) is 6.99. The average Bonchev–Trinajstić information content (AvgIpc) is 3.39. The van der Waals surface area contributed by atoms with E-state index in [0.717, 1.165) is 84.2 Å². The van der Waals surface area contributed by atoms with E-state index in [2.05, 4.69) is 32.0 Å². The van der Waals surface area contributed by atoms with Crippen LogP contribution in [-0.4, -0.2) is 78.3 Å². The Morgan fingerprint density at radius 3 is 2.32 bits per heavy atom. The van der Waals surface area contributed by atoms with Gasteiger partial charge in [0.2, 0.25) is 0 Å². The molecule has 1 aliphatic rings.